The lowest BCUT2D eigenvalue weighted by molar-refractivity contribution is -0.138. The first-order chi connectivity index (χ1) is 7.95. The first-order valence-corrected chi connectivity index (χ1v) is 6.92. The van der Waals surface area contributed by atoms with Crippen LogP contribution in [0.15, 0.2) is 0 Å². The van der Waals surface area contributed by atoms with Crippen molar-refractivity contribution < 1.29 is 9.90 Å². The quantitative estimate of drug-likeness (QED) is 0.726. The van der Waals surface area contributed by atoms with Crippen molar-refractivity contribution in [1.29, 1.82) is 0 Å². The third kappa shape index (κ3) is 4.66. The normalized spacial score (nSPS) is 24.8. The summed E-state index contributed by atoms with van der Waals surface area (Å²) in [6.07, 6.45) is 6.23. The molecule has 3 nitrogen and oxygen atoms in total. The number of hydrogen-bond donors (Lipinski definition) is 1. The molecule has 0 radical (unpaired) electrons. The van der Waals surface area contributed by atoms with Crippen molar-refractivity contribution in [2.45, 2.75) is 64.8 Å². The number of hydrogen-bond acceptors (Lipinski definition) is 2. The fourth-order valence-electron chi connectivity index (χ4n) is 2.97. The Morgan fingerprint density at radius 1 is 1.41 bits per heavy atom. The molecule has 1 N–H and O–H groups in total. The molecule has 1 unspecified atom stereocenters. The van der Waals surface area contributed by atoms with Gasteiger partial charge in [-0.25, -0.2) is 0 Å². The maximum absolute atomic E-state index is 10.8. The molecule has 1 atom stereocenters. The van der Waals surface area contributed by atoms with E-state index in [2.05, 4.69) is 25.7 Å². The van der Waals surface area contributed by atoms with Crippen molar-refractivity contribution in [3.63, 3.8) is 0 Å². The van der Waals surface area contributed by atoms with Gasteiger partial charge in [-0.05, 0) is 52.1 Å². The van der Waals surface area contributed by atoms with E-state index in [0.717, 1.165) is 19.4 Å². The number of carbonyl (C=O) groups is 1. The van der Waals surface area contributed by atoms with E-state index in [0.29, 0.717) is 12.3 Å². The molecule has 0 amide bonds. The zero-order valence-corrected chi connectivity index (χ0v) is 11.5. The Balaban J connectivity index is 2.42. The van der Waals surface area contributed by atoms with Gasteiger partial charge in [0.25, 0.3) is 0 Å². The second-order valence-corrected chi connectivity index (χ2v) is 5.96. The summed E-state index contributed by atoms with van der Waals surface area (Å²) >= 11 is 0. The zero-order chi connectivity index (χ0) is 12.9. The Bertz CT molecular complexity index is 251. The van der Waals surface area contributed by atoms with Crippen molar-refractivity contribution in [3.8, 4) is 0 Å². The largest absolute Gasteiger partial charge is 0.481 e. The van der Waals surface area contributed by atoms with Gasteiger partial charge >= 0.3 is 5.97 Å². The number of piperidine rings is 1. The minimum absolute atomic E-state index is 0.173. The summed E-state index contributed by atoms with van der Waals surface area (Å²) in [5.74, 6) is -0.282. The molecule has 0 bridgehead atoms. The van der Waals surface area contributed by atoms with Gasteiger partial charge in [-0.15, -0.1) is 0 Å². The predicted octanol–water partition coefficient (Wildman–Crippen LogP) is 3.14. The topological polar surface area (TPSA) is 40.5 Å². The number of rotatable bonds is 6. The standard InChI is InChI=1S/C14H27NO2/c1-4-5-6-8-15-9-7-12(10-13(16)17)11-14(15,2)3/h12H,4-11H2,1-3H3,(H,16,17). The molecule has 100 valence electrons. The molecule has 0 aromatic heterocycles. The third-order valence-corrected chi connectivity index (χ3v) is 3.95. The van der Waals surface area contributed by atoms with Gasteiger partial charge in [-0.2, -0.15) is 0 Å². The van der Waals surface area contributed by atoms with E-state index in [1.54, 1.807) is 0 Å². The summed E-state index contributed by atoms with van der Waals surface area (Å²) in [5.41, 5.74) is 0.173. The molecule has 0 aliphatic carbocycles. The Kier molecular flexibility index (Phi) is 5.44. The number of carboxylic acids is 1. The van der Waals surface area contributed by atoms with E-state index in [1.165, 1.54) is 25.8 Å². The van der Waals surface area contributed by atoms with Crippen LogP contribution in [0.25, 0.3) is 0 Å². The van der Waals surface area contributed by atoms with Crippen LogP contribution in [-0.2, 0) is 4.79 Å². The summed E-state index contributed by atoms with van der Waals surface area (Å²) < 4.78 is 0. The predicted molar refractivity (Wildman–Crippen MR) is 70.2 cm³/mol. The fraction of sp³-hybridized carbons (Fsp3) is 0.929. The zero-order valence-electron chi connectivity index (χ0n) is 11.5. The average Bonchev–Trinajstić information content (AvgIpc) is 2.19. The smallest absolute Gasteiger partial charge is 0.303 e. The Morgan fingerprint density at radius 2 is 2.12 bits per heavy atom. The lowest BCUT2D eigenvalue weighted by Crippen LogP contribution is -2.50. The van der Waals surface area contributed by atoms with Crippen molar-refractivity contribution >= 4 is 5.97 Å². The highest BCUT2D eigenvalue weighted by Gasteiger charge is 2.34. The van der Waals surface area contributed by atoms with Gasteiger partial charge in [0.2, 0.25) is 0 Å². The molecule has 1 aliphatic heterocycles. The van der Waals surface area contributed by atoms with Gasteiger partial charge in [0, 0.05) is 12.0 Å². The summed E-state index contributed by atoms with van der Waals surface area (Å²) in [5, 5.41) is 8.86. The maximum Gasteiger partial charge on any atom is 0.303 e. The molecule has 17 heavy (non-hydrogen) atoms. The molecule has 1 saturated heterocycles. The van der Waals surface area contributed by atoms with Gasteiger partial charge in [-0.1, -0.05) is 19.8 Å². The summed E-state index contributed by atoms with van der Waals surface area (Å²) in [4.78, 5) is 13.3. The Hall–Kier alpha value is -0.570. The van der Waals surface area contributed by atoms with Crippen LogP contribution in [0.1, 0.15) is 59.3 Å². The van der Waals surface area contributed by atoms with E-state index >= 15 is 0 Å². The molecule has 3 heteroatoms. The minimum atomic E-state index is -0.648. The summed E-state index contributed by atoms with van der Waals surface area (Å²) in [6, 6.07) is 0. The van der Waals surface area contributed by atoms with Crippen LogP contribution in [0.4, 0.5) is 0 Å². The Morgan fingerprint density at radius 3 is 2.65 bits per heavy atom. The lowest BCUT2D eigenvalue weighted by Gasteiger charge is -2.45. The molecule has 0 saturated carbocycles. The summed E-state index contributed by atoms with van der Waals surface area (Å²) in [6.45, 7) is 8.97. The number of nitrogens with zero attached hydrogens (tertiary/aromatic N) is 1. The van der Waals surface area contributed by atoms with Gasteiger partial charge in [0.15, 0.2) is 0 Å². The van der Waals surface area contributed by atoms with Crippen molar-refractivity contribution in [2.24, 2.45) is 5.92 Å². The number of aliphatic carboxylic acids is 1. The molecule has 1 heterocycles. The van der Waals surface area contributed by atoms with E-state index < -0.39 is 5.97 Å². The molecule has 0 aromatic rings. The van der Waals surface area contributed by atoms with Gasteiger partial charge in [-0.3, -0.25) is 9.69 Å². The third-order valence-electron chi connectivity index (χ3n) is 3.95. The van der Waals surface area contributed by atoms with E-state index in [4.69, 9.17) is 5.11 Å². The maximum atomic E-state index is 10.8. The van der Waals surface area contributed by atoms with E-state index in [1.807, 2.05) is 0 Å². The van der Waals surface area contributed by atoms with E-state index in [-0.39, 0.29) is 5.54 Å². The van der Waals surface area contributed by atoms with Crippen LogP contribution in [-0.4, -0.2) is 34.6 Å². The SMILES string of the molecule is CCCCCN1CCC(CC(=O)O)CC1(C)C. The molecule has 1 fully saturated rings. The van der Waals surface area contributed by atoms with Crippen LogP contribution in [0.2, 0.25) is 0 Å². The van der Waals surface area contributed by atoms with Crippen LogP contribution in [0, 0.1) is 5.92 Å². The van der Waals surface area contributed by atoms with Crippen LogP contribution in [0.3, 0.4) is 0 Å². The highest BCUT2D eigenvalue weighted by Crippen LogP contribution is 2.33. The first-order valence-electron chi connectivity index (χ1n) is 6.92. The molecule has 0 aromatic carbocycles. The number of likely N-dealkylation sites (tertiary alicyclic amines) is 1. The molecule has 1 rings (SSSR count). The van der Waals surface area contributed by atoms with Crippen LogP contribution in [0.5, 0.6) is 0 Å². The monoisotopic (exact) mass is 241 g/mol. The van der Waals surface area contributed by atoms with Crippen molar-refractivity contribution in [2.75, 3.05) is 13.1 Å². The van der Waals surface area contributed by atoms with Crippen LogP contribution >= 0.6 is 0 Å². The lowest BCUT2D eigenvalue weighted by atomic mass is 9.81. The second-order valence-electron chi connectivity index (χ2n) is 5.96. The Labute approximate surface area is 105 Å². The molecular weight excluding hydrogens is 214 g/mol. The number of unbranched alkanes of at least 4 members (excludes halogenated alkanes) is 2. The highest BCUT2D eigenvalue weighted by molar-refractivity contribution is 5.67. The molecule has 1 aliphatic rings. The average molecular weight is 241 g/mol. The number of carboxylic acid groups (broad SMARTS) is 1. The van der Waals surface area contributed by atoms with Gasteiger partial charge in [0.1, 0.15) is 0 Å². The molecule has 0 spiro atoms. The van der Waals surface area contributed by atoms with Crippen molar-refractivity contribution in [3.05, 3.63) is 0 Å². The van der Waals surface area contributed by atoms with E-state index in [9.17, 15) is 4.79 Å². The van der Waals surface area contributed by atoms with Gasteiger partial charge < -0.3 is 5.11 Å². The summed E-state index contributed by atoms with van der Waals surface area (Å²) in [7, 11) is 0. The van der Waals surface area contributed by atoms with Crippen LogP contribution < -0.4 is 0 Å². The fourth-order valence-corrected chi connectivity index (χ4v) is 2.97. The van der Waals surface area contributed by atoms with Crippen molar-refractivity contribution in [1.82, 2.24) is 4.90 Å². The van der Waals surface area contributed by atoms with Gasteiger partial charge in [0.05, 0.1) is 0 Å². The highest BCUT2D eigenvalue weighted by atomic mass is 16.4. The first kappa shape index (κ1) is 14.5. The molecular formula is C14H27NO2. The second kappa shape index (κ2) is 6.39. The minimum Gasteiger partial charge on any atom is -0.481 e.